The average molecular weight is 290 g/mol. The maximum Gasteiger partial charge on any atom is 0.305 e. The van der Waals surface area contributed by atoms with Crippen LogP contribution in [-0.2, 0) is 4.79 Å². The third-order valence-electron chi connectivity index (χ3n) is 3.79. The molecule has 0 amide bonds. The van der Waals surface area contributed by atoms with Crippen molar-refractivity contribution in [1.29, 1.82) is 0 Å². The van der Waals surface area contributed by atoms with Crippen LogP contribution in [0.25, 0.3) is 11.4 Å². The second-order valence-electron chi connectivity index (χ2n) is 5.41. The van der Waals surface area contributed by atoms with Gasteiger partial charge in [-0.25, -0.2) is 9.07 Å². The quantitative estimate of drug-likeness (QED) is 0.913. The second-order valence-corrected chi connectivity index (χ2v) is 5.41. The van der Waals surface area contributed by atoms with Crippen molar-refractivity contribution in [2.75, 3.05) is 0 Å². The molecule has 21 heavy (non-hydrogen) atoms. The van der Waals surface area contributed by atoms with Gasteiger partial charge in [0, 0.05) is 5.56 Å². The molecule has 0 bridgehead atoms. The number of benzene rings is 1. The number of carboxylic acid groups (broad SMARTS) is 1. The number of halogens is 1. The number of nitrogens with zero attached hydrogens (tertiary/aromatic N) is 4. The molecule has 1 aromatic heterocycles. The number of aromatic nitrogens is 4. The number of carbonyl (C=O) groups is 1. The minimum absolute atomic E-state index is 0.0307. The van der Waals surface area contributed by atoms with Gasteiger partial charge in [0.2, 0.25) is 0 Å². The Balaban J connectivity index is 1.98. The standard InChI is InChI=1S/C14H15FN4O2/c1-8-2-3-10(6-11(8)15)14-16-17-18-19(14)12(7-13(20)21)9-4-5-9/h2-3,6,9,12H,4-5,7H2,1H3,(H,20,21). The number of aryl methyl sites for hydroxylation is 1. The zero-order chi connectivity index (χ0) is 15.0. The summed E-state index contributed by atoms with van der Waals surface area (Å²) in [7, 11) is 0. The van der Waals surface area contributed by atoms with Gasteiger partial charge in [-0.15, -0.1) is 5.10 Å². The van der Waals surface area contributed by atoms with Crippen LogP contribution in [0.2, 0.25) is 0 Å². The second kappa shape index (κ2) is 5.23. The molecular formula is C14H15FN4O2. The molecule has 1 aliphatic carbocycles. The van der Waals surface area contributed by atoms with E-state index in [0.717, 1.165) is 12.8 Å². The fourth-order valence-corrected chi connectivity index (χ4v) is 2.45. The van der Waals surface area contributed by atoms with Crippen molar-refractivity contribution < 1.29 is 14.3 Å². The summed E-state index contributed by atoms with van der Waals surface area (Å²) in [5, 5.41) is 20.6. The molecule has 0 spiro atoms. The van der Waals surface area contributed by atoms with E-state index in [1.54, 1.807) is 19.1 Å². The van der Waals surface area contributed by atoms with E-state index in [9.17, 15) is 9.18 Å². The van der Waals surface area contributed by atoms with E-state index in [1.807, 2.05) is 0 Å². The van der Waals surface area contributed by atoms with E-state index in [1.165, 1.54) is 10.7 Å². The molecule has 1 heterocycles. The van der Waals surface area contributed by atoms with Gasteiger partial charge >= 0.3 is 5.97 Å². The van der Waals surface area contributed by atoms with E-state index in [-0.39, 0.29) is 24.2 Å². The Morgan fingerprint density at radius 2 is 2.29 bits per heavy atom. The zero-order valence-corrected chi connectivity index (χ0v) is 11.5. The molecule has 1 atom stereocenters. The van der Waals surface area contributed by atoms with Crippen molar-refractivity contribution >= 4 is 5.97 Å². The van der Waals surface area contributed by atoms with Crippen LogP contribution >= 0.6 is 0 Å². The molecule has 1 N–H and O–H groups in total. The molecule has 7 heteroatoms. The molecule has 0 aliphatic heterocycles. The molecule has 2 aromatic rings. The predicted molar refractivity (Wildman–Crippen MR) is 72.0 cm³/mol. The average Bonchev–Trinajstić information content (AvgIpc) is 3.16. The number of hydrogen-bond donors (Lipinski definition) is 1. The van der Waals surface area contributed by atoms with Crippen molar-refractivity contribution in [2.45, 2.75) is 32.2 Å². The molecule has 110 valence electrons. The van der Waals surface area contributed by atoms with Gasteiger partial charge in [-0.05, 0) is 47.7 Å². The lowest BCUT2D eigenvalue weighted by atomic mass is 10.1. The predicted octanol–water partition coefficient (Wildman–Crippen LogP) is 2.21. The van der Waals surface area contributed by atoms with Gasteiger partial charge in [0.15, 0.2) is 5.82 Å². The summed E-state index contributed by atoms with van der Waals surface area (Å²) in [6, 6.07) is 4.50. The van der Waals surface area contributed by atoms with E-state index in [4.69, 9.17) is 5.11 Å². The Morgan fingerprint density at radius 3 is 2.90 bits per heavy atom. The third kappa shape index (κ3) is 2.76. The smallest absolute Gasteiger partial charge is 0.305 e. The molecule has 0 radical (unpaired) electrons. The molecule has 1 aliphatic rings. The van der Waals surface area contributed by atoms with Crippen LogP contribution in [0.5, 0.6) is 0 Å². The molecule has 1 fully saturated rings. The van der Waals surface area contributed by atoms with E-state index < -0.39 is 5.97 Å². The molecule has 3 rings (SSSR count). The Labute approximate surface area is 120 Å². The molecule has 1 aromatic carbocycles. The van der Waals surface area contributed by atoms with Crippen LogP contribution in [0.4, 0.5) is 4.39 Å². The summed E-state index contributed by atoms with van der Waals surface area (Å²) in [6.45, 7) is 1.68. The SMILES string of the molecule is Cc1ccc(-c2nnnn2C(CC(=O)O)C2CC2)cc1F. The molecule has 6 nitrogen and oxygen atoms in total. The summed E-state index contributed by atoms with van der Waals surface area (Å²) in [5.74, 6) is -0.530. The Kier molecular flexibility index (Phi) is 3.40. The summed E-state index contributed by atoms with van der Waals surface area (Å²) in [5.41, 5.74) is 1.10. The first-order valence-corrected chi connectivity index (χ1v) is 6.82. The van der Waals surface area contributed by atoms with Crippen LogP contribution in [0, 0.1) is 18.7 Å². The molecular weight excluding hydrogens is 275 g/mol. The van der Waals surface area contributed by atoms with Crippen molar-refractivity contribution in [2.24, 2.45) is 5.92 Å². The van der Waals surface area contributed by atoms with Crippen molar-refractivity contribution in [1.82, 2.24) is 20.2 Å². The van der Waals surface area contributed by atoms with E-state index in [0.29, 0.717) is 17.0 Å². The number of hydrogen-bond acceptors (Lipinski definition) is 4. The van der Waals surface area contributed by atoms with Crippen molar-refractivity contribution in [3.05, 3.63) is 29.6 Å². The largest absolute Gasteiger partial charge is 0.481 e. The Morgan fingerprint density at radius 1 is 1.52 bits per heavy atom. The van der Waals surface area contributed by atoms with Gasteiger partial charge in [0.05, 0.1) is 12.5 Å². The van der Waals surface area contributed by atoms with Gasteiger partial charge in [-0.1, -0.05) is 12.1 Å². The van der Waals surface area contributed by atoms with Gasteiger partial charge in [-0.2, -0.15) is 0 Å². The zero-order valence-electron chi connectivity index (χ0n) is 11.5. The fraction of sp³-hybridized carbons (Fsp3) is 0.429. The highest BCUT2D eigenvalue weighted by Gasteiger charge is 2.36. The minimum Gasteiger partial charge on any atom is -0.481 e. The lowest BCUT2D eigenvalue weighted by Crippen LogP contribution is -2.18. The van der Waals surface area contributed by atoms with Crippen LogP contribution < -0.4 is 0 Å². The van der Waals surface area contributed by atoms with Gasteiger partial charge in [0.1, 0.15) is 5.82 Å². The lowest BCUT2D eigenvalue weighted by molar-refractivity contribution is -0.138. The van der Waals surface area contributed by atoms with Crippen molar-refractivity contribution in [3.63, 3.8) is 0 Å². The van der Waals surface area contributed by atoms with Gasteiger partial charge in [-0.3, -0.25) is 4.79 Å². The number of aliphatic carboxylic acids is 1. The maximum absolute atomic E-state index is 13.7. The van der Waals surface area contributed by atoms with Crippen molar-refractivity contribution in [3.8, 4) is 11.4 Å². The Bertz CT molecular complexity index is 681. The summed E-state index contributed by atoms with van der Waals surface area (Å²) >= 11 is 0. The third-order valence-corrected chi connectivity index (χ3v) is 3.79. The van der Waals surface area contributed by atoms with Crippen LogP contribution in [-0.4, -0.2) is 31.3 Å². The lowest BCUT2D eigenvalue weighted by Gasteiger charge is -2.15. The molecule has 0 saturated heterocycles. The van der Waals surface area contributed by atoms with Crippen LogP contribution in [0.3, 0.4) is 0 Å². The number of carboxylic acids is 1. The summed E-state index contributed by atoms with van der Waals surface area (Å²) in [4.78, 5) is 11.0. The fourth-order valence-electron chi connectivity index (χ4n) is 2.45. The van der Waals surface area contributed by atoms with E-state index in [2.05, 4.69) is 15.5 Å². The highest BCUT2D eigenvalue weighted by atomic mass is 19.1. The summed E-state index contributed by atoms with van der Waals surface area (Å²) in [6.07, 6.45) is 1.91. The first-order chi connectivity index (χ1) is 10.1. The molecule has 1 saturated carbocycles. The topological polar surface area (TPSA) is 80.9 Å². The van der Waals surface area contributed by atoms with Crippen LogP contribution in [0.15, 0.2) is 18.2 Å². The number of rotatable bonds is 5. The van der Waals surface area contributed by atoms with Gasteiger partial charge < -0.3 is 5.11 Å². The highest BCUT2D eigenvalue weighted by Crippen LogP contribution is 2.42. The first kappa shape index (κ1) is 13.7. The maximum atomic E-state index is 13.7. The first-order valence-electron chi connectivity index (χ1n) is 6.82. The van der Waals surface area contributed by atoms with Crippen LogP contribution in [0.1, 0.15) is 30.9 Å². The van der Waals surface area contributed by atoms with E-state index >= 15 is 0 Å². The normalized spacial score (nSPS) is 15.9. The highest BCUT2D eigenvalue weighted by molar-refractivity contribution is 5.67. The molecule has 1 unspecified atom stereocenters. The number of tetrazole rings is 1. The summed E-state index contributed by atoms with van der Waals surface area (Å²) < 4.78 is 15.2. The minimum atomic E-state index is -0.886. The van der Waals surface area contributed by atoms with Gasteiger partial charge in [0.25, 0.3) is 0 Å². The Hall–Kier alpha value is -2.31. The monoisotopic (exact) mass is 290 g/mol.